The highest BCUT2D eigenvalue weighted by Gasteiger charge is 2.44. The van der Waals surface area contributed by atoms with Gasteiger partial charge in [0.05, 0.1) is 0 Å². The zero-order valence-electron chi connectivity index (χ0n) is 12.0. The van der Waals surface area contributed by atoms with Gasteiger partial charge in [-0.3, -0.25) is 4.79 Å². The Bertz CT molecular complexity index is 621. The third-order valence-corrected chi connectivity index (χ3v) is 4.45. The van der Waals surface area contributed by atoms with Gasteiger partial charge < -0.3 is 5.11 Å². The molecule has 21 heavy (non-hydrogen) atoms. The van der Waals surface area contributed by atoms with E-state index >= 15 is 0 Å². The Morgan fingerprint density at radius 2 is 2.00 bits per heavy atom. The number of rotatable bonds is 6. The maximum absolute atomic E-state index is 12.0. The van der Waals surface area contributed by atoms with Gasteiger partial charge in [-0.25, -0.2) is 15.0 Å². The Morgan fingerprint density at radius 1 is 1.29 bits per heavy atom. The van der Waals surface area contributed by atoms with Crippen LogP contribution in [0.4, 0.5) is 0 Å². The van der Waals surface area contributed by atoms with Gasteiger partial charge in [-0.2, -0.15) is 0 Å². The molecule has 0 amide bonds. The number of hydrogen-bond donors (Lipinski definition) is 1. The van der Waals surface area contributed by atoms with Gasteiger partial charge in [0.25, 0.3) is 0 Å². The van der Waals surface area contributed by atoms with Crippen molar-refractivity contribution in [3.63, 3.8) is 0 Å². The lowest BCUT2D eigenvalue weighted by atomic mass is 10.0. The zero-order valence-corrected chi connectivity index (χ0v) is 12.8. The summed E-state index contributed by atoms with van der Waals surface area (Å²) < 4.78 is -1.19. The lowest BCUT2D eigenvalue weighted by Crippen LogP contribution is -2.34. The minimum Gasteiger partial charge on any atom is -0.480 e. The largest absolute Gasteiger partial charge is 0.480 e. The van der Waals surface area contributed by atoms with Crippen molar-refractivity contribution in [3.05, 3.63) is 48.3 Å². The van der Waals surface area contributed by atoms with Crippen LogP contribution in [0.5, 0.6) is 0 Å². The Morgan fingerprint density at radius 3 is 2.57 bits per heavy atom. The smallest absolute Gasteiger partial charge is 0.328 e. The number of nitrogens with zero attached hydrogens (tertiary/aromatic N) is 3. The van der Waals surface area contributed by atoms with Gasteiger partial charge >= 0.3 is 5.97 Å². The molecule has 1 aromatic heterocycles. The molecule has 0 spiro atoms. The predicted octanol–water partition coefficient (Wildman–Crippen LogP) is 3.05. The van der Waals surface area contributed by atoms with Crippen LogP contribution in [0.25, 0.3) is 0 Å². The van der Waals surface area contributed by atoms with Crippen molar-refractivity contribution in [1.82, 2.24) is 15.0 Å². The van der Waals surface area contributed by atoms with Gasteiger partial charge in [0.15, 0.2) is 10.6 Å². The normalized spacial score (nSPS) is 13.6. The van der Waals surface area contributed by atoms with Crippen LogP contribution in [0.15, 0.2) is 41.6 Å². The second-order valence-corrected chi connectivity index (χ2v) is 6.03. The molecular formula is C15H17N3O2S. The van der Waals surface area contributed by atoms with Crippen molar-refractivity contribution in [3.8, 4) is 0 Å². The summed E-state index contributed by atoms with van der Waals surface area (Å²) in [6, 6.07) is 9.47. The molecule has 5 nitrogen and oxygen atoms in total. The van der Waals surface area contributed by atoms with Crippen molar-refractivity contribution in [2.75, 3.05) is 0 Å². The third-order valence-electron chi connectivity index (χ3n) is 3.04. The Hall–Kier alpha value is -1.95. The highest BCUT2D eigenvalue weighted by molar-refractivity contribution is 8.01. The molecule has 1 aromatic carbocycles. The van der Waals surface area contributed by atoms with E-state index in [1.54, 1.807) is 6.92 Å². The Balaban J connectivity index is 2.50. The first kappa shape index (κ1) is 15.4. The molecule has 1 unspecified atom stereocenters. The van der Waals surface area contributed by atoms with E-state index in [1.165, 1.54) is 18.1 Å². The van der Waals surface area contributed by atoms with Crippen molar-refractivity contribution in [1.29, 1.82) is 0 Å². The van der Waals surface area contributed by atoms with E-state index in [9.17, 15) is 9.90 Å². The van der Waals surface area contributed by atoms with Crippen molar-refractivity contribution < 1.29 is 9.90 Å². The molecule has 0 aliphatic carbocycles. The highest BCUT2D eigenvalue weighted by Crippen LogP contribution is 2.43. The number of aromatic nitrogens is 3. The minimum atomic E-state index is -1.19. The minimum absolute atomic E-state index is 0.304. The van der Waals surface area contributed by atoms with Crippen molar-refractivity contribution in [2.24, 2.45) is 0 Å². The second-order valence-electron chi connectivity index (χ2n) is 4.65. The topological polar surface area (TPSA) is 76.0 Å². The van der Waals surface area contributed by atoms with Gasteiger partial charge in [0, 0.05) is 4.90 Å². The molecule has 1 atom stereocenters. The fraction of sp³-hybridized carbons (Fsp3) is 0.333. The van der Waals surface area contributed by atoms with Crippen LogP contribution in [-0.4, -0.2) is 26.0 Å². The number of carboxylic acid groups (broad SMARTS) is 1. The summed E-state index contributed by atoms with van der Waals surface area (Å²) >= 11 is 1.28. The number of aliphatic carboxylic acids is 1. The molecule has 0 radical (unpaired) electrons. The lowest BCUT2D eigenvalue weighted by Gasteiger charge is -2.26. The first-order valence-corrected chi connectivity index (χ1v) is 7.53. The molecule has 0 saturated carbocycles. The van der Waals surface area contributed by atoms with Crippen LogP contribution in [0.1, 0.15) is 31.4 Å². The number of carboxylic acids is 1. The summed E-state index contributed by atoms with van der Waals surface area (Å²) in [5, 5.41) is 9.84. The van der Waals surface area contributed by atoms with Crippen molar-refractivity contribution in [2.45, 2.75) is 36.3 Å². The number of aryl methyl sites for hydroxylation is 1. The highest BCUT2D eigenvalue weighted by atomic mass is 32.2. The standard InChI is InChI=1S/C15H17N3O2S/c1-3-9-15(14(19)20,13-17-10-16-11(2)18-13)21-12-7-5-4-6-8-12/h4-8,10H,3,9H2,1-2H3,(H,19,20). The monoisotopic (exact) mass is 303 g/mol. The maximum Gasteiger partial charge on any atom is 0.328 e. The fourth-order valence-electron chi connectivity index (χ4n) is 2.07. The van der Waals surface area contributed by atoms with Gasteiger partial charge in [0.2, 0.25) is 0 Å². The number of carbonyl (C=O) groups is 1. The maximum atomic E-state index is 12.0. The summed E-state index contributed by atoms with van der Waals surface area (Å²) in [6.45, 7) is 3.69. The molecule has 0 fully saturated rings. The second kappa shape index (κ2) is 6.67. The van der Waals surface area contributed by atoms with E-state index in [2.05, 4.69) is 15.0 Å². The molecule has 110 valence electrons. The van der Waals surface area contributed by atoms with E-state index in [0.717, 1.165) is 11.3 Å². The average Bonchev–Trinajstić information content (AvgIpc) is 2.47. The van der Waals surface area contributed by atoms with Crippen LogP contribution in [0, 0.1) is 6.92 Å². The van der Waals surface area contributed by atoms with Gasteiger partial charge in [0.1, 0.15) is 12.2 Å². The Labute approximate surface area is 127 Å². The Kier molecular flexibility index (Phi) is 4.90. The average molecular weight is 303 g/mol. The molecule has 0 bridgehead atoms. The number of hydrogen-bond acceptors (Lipinski definition) is 5. The van der Waals surface area contributed by atoms with Crippen LogP contribution in [0.3, 0.4) is 0 Å². The molecular weight excluding hydrogens is 286 g/mol. The van der Waals surface area contributed by atoms with E-state index in [4.69, 9.17) is 0 Å². The van der Waals surface area contributed by atoms with E-state index < -0.39 is 10.7 Å². The first-order valence-electron chi connectivity index (χ1n) is 6.72. The summed E-state index contributed by atoms with van der Waals surface area (Å²) in [6.07, 6.45) is 2.54. The summed E-state index contributed by atoms with van der Waals surface area (Å²) in [4.78, 5) is 25.2. The van der Waals surface area contributed by atoms with Crippen LogP contribution < -0.4 is 0 Å². The van der Waals surface area contributed by atoms with E-state index in [1.807, 2.05) is 37.3 Å². The van der Waals surface area contributed by atoms with Crippen LogP contribution >= 0.6 is 11.8 Å². The van der Waals surface area contributed by atoms with Crippen LogP contribution in [-0.2, 0) is 9.54 Å². The fourth-order valence-corrected chi connectivity index (χ4v) is 3.35. The molecule has 0 saturated heterocycles. The lowest BCUT2D eigenvalue weighted by molar-refractivity contribution is -0.140. The molecule has 1 heterocycles. The van der Waals surface area contributed by atoms with Gasteiger partial charge in [-0.05, 0) is 25.5 Å². The predicted molar refractivity (Wildman–Crippen MR) is 81.1 cm³/mol. The number of thioether (sulfide) groups is 1. The van der Waals surface area contributed by atoms with Crippen molar-refractivity contribution >= 4 is 17.7 Å². The summed E-state index contributed by atoms with van der Waals surface area (Å²) in [5.74, 6) is -0.0996. The third kappa shape index (κ3) is 3.39. The zero-order chi connectivity index (χ0) is 15.3. The van der Waals surface area contributed by atoms with E-state index in [0.29, 0.717) is 18.1 Å². The summed E-state index contributed by atoms with van der Waals surface area (Å²) in [5.41, 5.74) is 0. The quantitative estimate of drug-likeness (QED) is 0.827. The molecule has 0 aliphatic rings. The molecule has 6 heteroatoms. The molecule has 2 rings (SSSR count). The van der Waals surface area contributed by atoms with E-state index in [-0.39, 0.29) is 0 Å². The summed E-state index contributed by atoms with van der Waals surface area (Å²) in [7, 11) is 0. The SMILES string of the molecule is CCCC(Sc1ccccc1)(C(=O)O)c1ncnc(C)n1. The molecule has 1 N–H and O–H groups in total. The van der Waals surface area contributed by atoms with Crippen LogP contribution in [0.2, 0.25) is 0 Å². The first-order chi connectivity index (χ1) is 10.1. The van der Waals surface area contributed by atoms with Gasteiger partial charge in [-0.15, -0.1) is 0 Å². The number of benzene rings is 1. The molecule has 2 aromatic rings. The molecule has 0 aliphatic heterocycles. The van der Waals surface area contributed by atoms with Gasteiger partial charge in [-0.1, -0.05) is 43.3 Å².